The van der Waals surface area contributed by atoms with Crippen LogP contribution >= 0.6 is 0 Å². The molecule has 0 spiro atoms. The highest BCUT2D eigenvalue weighted by atomic mass is 16.6. The van der Waals surface area contributed by atoms with E-state index in [2.05, 4.69) is 11.1 Å². The Bertz CT molecular complexity index is 1220. The van der Waals surface area contributed by atoms with Gasteiger partial charge in [0.05, 0.1) is 6.42 Å². The van der Waals surface area contributed by atoms with Crippen molar-refractivity contribution in [1.29, 1.82) is 0 Å². The van der Waals surface area contributed by atoms with Crippen molar-refractivity contribution in [3.05, 3.63) is 77.7 Å². The second-order valence-corrected chi connectivity index (χ2v) is 10.6. The molecule has 1 N–H and O–H groups in total. The van der Waals surface area contributed by atoms with Crippen molar-refractivity contribution >= 4 is 23.2 Å². The van der Waals surface area contributed by atoms with Gasteiger partial charge in [0.1, 0.15) is 23.8 Å². The Labute approximate surface area is 223 Å². The molecule has 3 aromatic rings. The number of ether oxygens (including phenoxy) is 2. The summed E-state index contributed by atoms with van der Waals surface area (Å²) < 4.78 is 16.8. The molecule has 0 aliphatic carbocycles. The highest BCUT2D eigenvalue weighted by Gasteiger charge is 2.29. The predicted molar refractivity (Wildman–Crippen MR) is 143 cm³/mol. The summed E-state index contributed by atoms with van der Waals surface area (Å²) in [6.07, 6.45) is 2.57. The van der Waals surface area contributed by atoms with Gasteiger partial charge in [0, 0.05) is 19.0 Å². The molecule has 2 heterocycles. The normalized spacial score (nSPS) is 15.7. The lowest BCUT2D eigenvalue weighted by Crippen LogP contribution is -2.40. The van der Waals surface area contributed by atoms with Gasteiger partial charge in [-0.05, 0) is 57.7 Å². The first-order valence-electron chi connectivity index (χ1n) is 13.1. The van der Waals surface area contributed by atoms with Crippen molar-refractivity contribution in [2.45, 2.75) is 64.8 Å². The summed E-state index contributed by atoms with van der Waals surface area (Å²) in [6, 6.07) is 16.8. The van der Waals surface area contributed by atoms with E-state index >= 15 is 0 Å². The molecular weight excluding hydrogens is 484 g/mol. The zero-order chi connectivity index (χ0) is 27.1. The van der Waals surface area contributed by atoms with Crippen LogP contribution in [0.2, 0.25) is 0 Å². The molecule has 1 aliphatic heterocycles. The van der Waals surface area contributed by atoms with Crippen molar-refractivity contribution < 1.29 is 28.6 Å². The largest absolute Gasteiger partial charge is 0.461 e. The molecule has 0 bridgehead atoms. The van der Waals surface area contributed by atoms with Gasteiger partial charge < -0.3 is 23.9 Å². The SMILES string of the molecule is CC(C)(C)OC(=O)N1CCC(=CC[C@H](CC(=O)OCc2ccccc2)C(O)c2nc3ccccc3o2)CC1. The van der Waals surface area contributed by atoms with Crippen LogP contribution in [-0.2, 0) is 20.9 Å². The molecule has 1 fully saturated rings. The van der Waals surface area contributed by atoms with Crippen molar-refractivity contribution in [3.63, 3.8) is 0 Å². The van der Waals surface area contributed by atoms with E-state index in [1.165, 1.54) is 5.57 Å². The van der Waals surface area contributed by atoms with Crippen molar-refractivity contribution in [3.8, 4) is 0 Å². The molecule has 4 rings (SSSR count). The van der Waals surface area contributed by atoms with Gasteiger partial charge in [-0.1, -0.05) is 54.1 Å². The molecule has 8 nitrogen and oxygen atoms in total. The maximum Gasteiger partial charge on any atom is 0.410 e. The molecule has 0 radical (unpaired) electrons. The zero-order valence-corrected chi connectivity index (χ0v) is 22.3. The molecule has 1 aromatic heterocycles. The number of rotatable bonds is 8. The molecule has 1 unspecified atom stereocenters. The first kappa shape index (κ1) is 27.4. The minimum Gasteiger partial charge on any atom is -0.461 e. The number of amides is 1. The molecule has 8 heteroatoms. The molecule has 1 amide bonds. The number of carbonyl (C=O) groups excluding carboxylic acids is 2. The van der Waals surface area contributed by atoms with E-state index in [9.17, 15) is 14.7 Å². The van der Waals surface area contributed by atoms with Crippen LogP contribution in [0.4, 0.5) is 4.79 Å². The van der Waals surface area contributed by atoms with E-state index in [-0.39, 0.29) is 25.0 Å². The second-order valence-electron chi connectivity index (χ2n) is 10.6. The van der Waals surface area contributed by atoms with E-state index in [1.54, 1.807) is 11.0 Å². The molecular formula is C30H36N2O6. The lowest BCUT2D eigenvalue weighted by molar-refractivity contribution is -0.147. The van der Waals surface area contributed by atoms with Crippen LogP contribution in [0, 0.1) is 5.92 Å². The number of para-hydroxylation sites is 2. The third-order valence-corrected chi connectivity index (χ3v) is 6.45. The summed E-state index contributed by atoms with van der Waals surface area (Å²) in [4.78, 5) is 31.3. The van der Waals surface area contributed by atoms with E-state index < -0.39 is 23.6 Å². The molecule has 38 heavy (non-hydrogen) atoms. The van der Waals surface area contributed by atoms with Gasteiger partial charge in [-0.3, -0.25) is 4.79 Å². The topological polar surface area (TPSA) is 102 Å². The fraction of sp³-hybridized carbons (Fsp3) is 0.433. The summed E-state index contributed by atoms with van der Waals surface area (Å²) in [5.74, 6) is -0.694. The number of nitrogens with zero attached hydrogens (tertiary/aromatic N) is 2. The number of hydrogen-bond acceptors (Lipinski definition) is 7. The number of carbonyl (C=O) groups is 2. The third kappa shape index (κ3) is 7.68. The zero-order valence-electron chi connectivity index (χ0n) is 22.3. The van der Waals surface area contributed by atoms with Crippen molar-refractivity contribution in [2.24, 2.45) is 5.92 Å². The molecule has 2 atom stereocenters. The Kier molecular flexibility index (Phi) is 8.84. The van der Waals surface area contributed by atoms with Gasteiger partial charge in [-0.25, -0.2) is 9.78 Å². The molecule has 1 aliphatic rings. The summed E-state index contributed by atoms with van der Waals surface area (Å²) in [5, 5.41) is 11.2. The number of esters is 1. The number of allylic oxidation sites excluding steroid dienone is 1. The summed E-state index contributed by atoms with van der Waals surface area (Å²) in [7, 11) is 0. The Morgan fingerprint density at radius 1 is 1.08 bits per heavy atom. The number of benzene rings is 2. The number of oxazole rings is 1. The van der Waals surface area contributed by atoms with E-state index in [4.69, 9.17) is 13.9 Å². The monoisotopic (exact) mass is 520 g/mol. The number of likely N-dealkylation sites (tertiary alicyclic amines) is 1. The quantitative estimate of drug-likeness (QED) is 0.289. The number of aromatic nitrogens is 1. The average molecular weight is 521 g/mol. The lowest BCUT2D eigenvalue weighted by Gasteiger charge is -2.31. The molecule has 1 saturated heterocycles. The van der Waals surface area contributed by atoms with Crippen LogP contribution in [0.3, 0.4) is 0 Å². The third-order valence-electron chi connectivity index (χ3n) is 6.45. The minimum atomic E-state index is -1.08. The van der Waals surface area contributed by atoms with Crippen LogP contribution in [0.15, 0.2) is 70.7 Å². The van der Waals surface area contributed by atoms with E-state index in [0.29, 0.717) is 43.5 Å². The van der Waals surface area contributed by atoms with Gasteiger partial charge in [0.15, 0.2) is 5.58 Å². The van der Waals surface area contributed by atoms with Crippen molar-refractivity contribution in [1.82, 2.24) is 9.88 Å². The Morgan fingerprint density at radius 2 is 1.76 bits per heavy atom. The highest BCUT2D eigenvalue weighted by Crippen LogP contribution is 2.31. The fourth-order valence-corrected chi connectivity index (χ4v) is 4.38. The van der Waals surface area contributed by atoms with Gasteiger partial charge in [0.2, 0.25) is 5.89 Å². The maximum absolute atomic E-state index is 12.8. The van der Waals surface area contributed by atoms with Crippen LogP contribution < -0.4 is 0 Å². The summed E-state index contributed by atoms with van der Waals surface area (Å²) in [6.45, 7) is 6.87. The average Bonchev–Trinajstić information content (AvgIpc) is 3.34. The standard InChI is InChI=1S/C30H36N2O6/c1-30(2,3)38-29(35)32-17-15-21(16-18-32)13-14-23(19-26(33)36-20-22-9-5-4-6-10-22)27(34)28-31-24-11-7-8-12-25(24)37-28/h4-13,23,27,34H,14-20H2,1-3H3/t23-,27?/m1/s1. The lowest BCUT2D eigenvalue weighted by atomic mass is 9.92. The fourth-order valence-electron chi connectivity index (χ4n) is 4.38. The Balaban J connectivity index is 1.41. The van der Waals surface area contributed by atoms with Crippen LogP contribution in [0.25, 0.3) is 11.1 Å². The van der Waals surface area contributed by atoms with Gasteiger partial charge in [-0.15, -0.1) is 0 Å². The van der Waals surface area contributed by atoms with Crippen LogP contribution in [0.1, 0.15) is 64.0 Å². The Hall–Kier alpha value is -3.65. The van der Waals surface area contributed by atoms with Gasteiger partial charge in [-0.2, -0.15) is 0 Å². The number of aliphatic hydroxyl groups excluding tert-OH is 1. The molecule has 2 aromatic carbocycles. The highest BCUT2D eigenvalue weighted by molar-refractivity contribution is 5.72. The van der Waals surface area contributed by atoms with Gasteiger partial charge >= 0.3 is 12.1 Å². The number of hydrogen-bond donors (Lipinski definition) is 1. The predicted octanol–water partition coefficient (Wildman–Crippen LogP) is 5.96. The van der Waals surface area contributed by atoms with E-state index in [1.807, 2.05) is 69.3 Å². The van der Waals surface area contributed by atoms with Crippen molar-refractivity contribution in [2.75, 3.05) is 13.1 Å². The van der Waals surface area contributed by atoms with Crippen LogP contribution in [-0.4, -0.2) is 45.7 Å². The maximum atomic E-state index is 12.8. The summed E-state index contributed by atoms with van der Waals surface area (Å²) >= 11 is 0. The van der Waals surface area contributed by atoms with E-state index in [0.717, 1.165) is 5.56 Å². The van der Waals surface area contributed by atoms with Gasteiger partial charge in [0.25, 0.3) is 0 Å². The molecule has 0 saturated carbocycles. The minimum absolute atomic E-state index is 0.0144. The smallest absolute Gasteiger partial charge is 0.410 e. The number of fused-ring (bicyclic) bond motifs is 1. The van der Waals surface area contributed by atoms with Crippen LogP contribution in [0.5, 0.6) is 0 Å². The Morgan fingerprint density at radius 3 is 2.45 bits per heavy atom. The molecule has 202 valence electrons. The first-order chi connectivity index (χ1) is 18.2. The summed E-state index contributed by atoms with van der Waals surface area (Å²) in [5.41, 5.74) is 2.78. The second kappa shape index (κ2) is 12.3. The number of piperidine rings is 1. The first-order valence-corrected chi connectivity index (χ1v) is 13.1. The number of aliphatic hydroxyl groups is 1.